The van der Waals surface area contributed by atoms with Gasteiger partial charge in [0.05, 0.1) is 17.1 Å². The summed E-state index contributed by atoms with van der Waals surface area (Å²) in [7, 11) is -1.94. The molecule has 272 valence electrons. The minimum Gasteiger partial charge on any atom is -0.302 e. The van der Waals surface area contributed by atoms with E-state index in [1.54, 1.807) is 0 Å². The van der Waals surface area contributed by atoms with Gasteiger partial charge in [-0.25, -0.2) is 0 Å². The highest BCUT2D eigenvalue weighted by atomic mass is 32.3. The molecule has 1 aliphatic carbocycles. The summed E-state index contributed by atoms with van der Waals surface area (Å²) in [5.41, 5.74) is 5.42. The van der Waals surface area contributed by atoms with Crippen molar-refractivity contribution in [1.82, 2.24) is 19.5 Å². The summed E-state index contributed by atoms with van der Waals surface area (Å²) >= 11 is 0. The Labute approximate surface area is 333 Å². The molecule has 2 atom stereocenters. The maximum Gasteiger partial charge on any atom is 0.240 e. The van der Waals surface area contributed by atoms with Crippen LogP contribution in [-0.2, 0) is 0 Å². The zero-order chi connectivity index (χ0) is 37.8. The summed E-state index contributed by atoms with van der Waals surface area (Å²) in [6, 6.07) is 67.5. The molecule has 2 aliphatic rings. The molecule has 2 unspecified atom stereocenters. The number of hydrogen-bond donors (Lipinski definition) is 0. The van der Waals surface area contributed by atoms with Gasteiger partial charge in [-0.1, -0.05) is 146 Å². The van der Waals surface area contributed by atoms with Gasteiger partial charge in [0.25, 0.3) is 0 Å². The van der Waals surface area contributed by atoms with E-state index in [4.69, 9.17) is 15.0 Å². The van der Waals surface area contributed by atoms with Crippen LogP contribution in [0.3, 0.4) is 0 Å². The zero-order valence-electron chi connectivity index (χ0n) is 31.0. The molecule has 0 saturated heterocycles. The van der Waals surface area contributed by atoms with Crippen molar-refractivity contribution in [1.29, 1.82) is 0 Å². The Bertz CT molecular complexity index is 2840. The largest absolute Gasteiger partial charge is 0.302 e. The average molecular weight is 752 g/mol. The van der Waals surface area contributed by atoms with E-state index in [2.05, 4.69) is 222 Å². The van der Waals surface area contributed by atoms with E-state index in [1.165, 1.54) is 25.1 Å². The van der Waals surface area contributed by atoms with Crippen LogP contribution in [0.5, 0.6) is 0 Å². The minimum absolute atomic E-state index is 0.0336. The summed E-state index contributed by atoms with van der Waals surface area (Å²) in [5.74, 6) is 2.02. The summed E-state index contributed by atoms with van der Waals surface area (Å²) in [6.07, 6.45) is 8.85. The van der Waals surface area contributed by atoms with E-state index in [-0.39, 0.29) is 12.0 Å². The lowest BCUT2D eigenvalue weighted by Crippen LogP contribution is -2.30. The van der Waals surface area contributed by atoms with E-state index < -0.39 is 10.0 Å². The Morgan fingerprint density at radius 2 is 0.965 bits per heavy atom. The van der Waals surface area contributed by atoms with Crippen molar-refractivity contribution < 1.29 is 0 Å². The van der Waals surface area contributed by atoms with Gasteiger partial charge >= 0.3 is 0 Å². The van der Waals surface area contributed by atoms with Crippen molar-refractivity contribution in [2.45, 2.75) is 31.5 Å². The second-order valence-electron chi connectivity index (χ2n) is 14.4. The summed E-state index contributed by atoms with van der Waals surface area (Å²) in [6.45, 7) is 0. The quantitative estimate of drug-likeness (QED) is 0.163. The minimum atomic E-state index is -1.94. The fourth-order valence-electron chi connectivity index (χ4n) is 8.86. The fraction of sp³-hybridized carbons (Fsp3) is 0.0392. The van der Waals surface area contributed by atoms with Crippen molar-refractivity contribution in [2.24, 2.45) is 0 Å². The van der Waals surface area contributed by atoms with E-state index >= 15 is 0 Å². The molecule has 0 N–H and O–H groups in total. The van der Waals surface area contributed by atoms with Crippen molar-refractivity contribution in [2.75, 3.05) is 4.90 Å². The average Bonchev–Trinajstić information content (AvgIpc) is 3.81. The molecule has 0 bridgehead atoms. The van der Waals surface area contributed by atoms with Gasteiger partial charge < -0.3 is 4.90 Å². The van der Waals surface area contributed by atoms with Gasteiger partial charge in [-0.3, -0.25) is 4.57 Å². The van der Waals surface area contributed by atoms with Crippen LogP contribution in [0.15, 0.2) is 232 Å². The Morgan fingerprint density at radius 1 is 0.439 bits per heavy atom. The first kappa shape index (κ1) is 33.3. The topological polar surface area (TPSA) is 46.8 Å². The van der Waals surface area contributed by atoms with E-state index in [9.17, 15) is 0 Å². The lowest BCUT2D eigenvalue weighted by molar-refractivity contribution is 0.725. The molecule has 0 spiro atoms. The maximum absolute atomic E-state index is 5.43. The van der Waals surface area contributed by atoms with Crippen molar-refractivity contribution in [3.63, 3.8) is 0 Å². The molecule has 5 nitrogen and oxygen atoms in total. The maximum atomic E-state index is 5.43. The second-order valence-corrected chi connectivity index (χ2v) is 17.5. The van der Waals surface area contributed by atoms with Gasteiger partial charge in [-0.2, -0.15) is 15.0 Å². The fourth-order valence-corrected chi connectivity index (χ4v) is 12.8. The Balaban J connectivity index is 1.19. The van der Waals surface area contributed by atoms with Crippen LogP contribution in [0.1, 0.15) is 11.5 Å². The van der Waals surface area contributed by atoms with Gasteiger partial charge in [-0.15, -0.1) is 10.0 Å². The Morgan fingerprint density at radius 3 is 1.61 bits per heavy atom. The van der Waals surface area contributed by atoms with Crippen LogP contribution >= 0.6 is 10.0 Å². The summed E-state index contributed by atoms with van der Waals surface area (Å²) in [5, 5.41) is 2.32. The molecule has 2 aromatic heterocycles. The summed E-state index contributed by atoms with van der Waals surface area (Å²) in [4.78, 5) is 23.5. The lowest BCUT2D eigenvalue weighted by Gasteiger charge is -2.42. The van der Waals surface area contributed by atoms with Crippen molar-refractivity contribution >= 4 is 43.5 Å². The predicted molar refractivity (Wildman–Crippen MR) is 233 cm³/mol. The SMILES string of the molecule is C1=CC2c3ccccc3N(c3nc(-c4cccc(S(c5ccccc5)(c5ccccc5)c5ccccc5)c4)nc(-n4c5ccccc5c5ccccc54)n3)C2C=C1. The monoisotopic (exact) mass is 751 g/mol. The molecule has 7 aromatic carbocycles. The van der Waals surface area contributed by atoms with Crippen molar-refractivity contribution in [3.05, 3.63) is 218 Å². The molecule has 11 rings (SSSR count). The second kappa shape index (κ2) is 13.6. The summed E-state index contributed by atoms with van der Waals surface area (Å²) < 4.78 is 2.20. The van der Waals surface area contributed by atoms with Gasteiger partial charge in [0.15, 0.2) is 5.82 Å². The molecule has 0 saturated carbocycles. The van der Waals surface area contributed by atoms with Crippen LogP contribution in [0.2, 0.25) is 0 Å². The zero-order valence-corrected chi connectivity index (χ0v) is 31.8. The van der Waals surface area contributed by atoms with Crippen LogP contribution in [-0.4, -0.2) is 25.6 Å². The number of rotatable bonds is 7. The Kier molecular flexibility index (Phi) is 7.97. The Hall–Kier alpha value is -7.02. The number of fused-ring (bicyclic) bond motifs is 6. The highest BCUT2D eigenvalue weighted by molar-refractivity contribution is 8.34. The third-order valence-electron chi connectivity index (χ3n) is 11.3. The highest BCUT2D eigenvalue weighted by Gasteiger charge is 2.39. The number of benzene rings is 7. The molecule has 0 amide bonds. The third-order valence-corrected chi connectivity index (χ3v) is 15.2. The van der Waals surface area contributed by atoms with Crippen LogP contribution in [0.4, 0.5) is 11.6 Å². The number of allylic oxidation sites excluding steroid dienone is 2. The smallest absolute Gasteiger partial charge is 0.240 e. The normalized spacial score (nSPS) is 16.2. The van der Waals surface area contributed by atoms with Crippen LogP contribution in [0, 0.1) is 0 Å². The van der Waals surface area contributed by atoms with Gasteiger partial charge in [-0.05, 0) is 72.3 Å². The standard InChI is InChI=1S/C51H37N5S/c1-4-20-37(21-5-1)57(38-22-6-2-7-23-38,39-24-8-3-9-25-39)40-26-18-19-36(35-40)49-52-50(55-45-31-14-10-27-41(45)42-28-11-15-32-46(42)55)54-51(53-49)56-47-33-16-12-29-43(47)44-30-13-17-34-48(44)56/h1-35,41,45H. The van der Waals surface area contributed by atoms with E-state index in [0.717, 1.165) is 33.1 Å². The number of hydrogen-bond acceptors (Lipinski definition) is 4. The lowest BCUT2D eigenvalue weighted by atomic mass is 9.92. The van der Waals surface area contributed by atoms with Crippen LogP contribution in [0.25, 0.3) is 39.1 Å². The third kappa shape index (κ3) is 5.29. The first-order valence-electron chi connectivity index (χ1n) is 19.4. The first-order valence-corrected chi connectivity index (χ1v) is 21.0. The molecule has 57 heavy (non-hydrogen) atoms. The number of aromatic nitrogens is 4. The van der Waals surface area contributed by atoms with Gasteiger partial charge in [0, 0.05) is 47.5 Å². The molecule has 3 heterocycles. The highest BCUT2D eigenvalue weighted by Crippen LogP contribution is 2.73. The van der Waals surface area contributed by atoms with Crippen LogP contribution < -0.4 is 4.90 Å². The molecule has 0 fully saturated rings. The first-order chi connectivity index (χ1) is 28.3. The number of nitrogens with zero attached hydrogens (tertiary/aromatic N) is 5. The number of para-hydroxylation sites is 3. The van der Waals surface area contributed by atoms with Gasteiger partial charge in [0.2, 0.25) is 11.9 Å². The van der Waals surface area contributed by atoms with E-state index in [1.807, 2.05) is 0 Å². The molecule has 9 aromatic rings. The molecule has 1 aliphatic heterocycles. The molecule has 0 radical (unpaired) electrons. The molecule has 6 heteroatoms. The van der Waals surface area contributed by atoms with E-state index in [0.29, 0.717) is 17.7 Å². The molecular formula is C51H37N5S. The molecular weight excluding hydrogens is 715 g/mol. The van der Waals surface area contributed by atoms with Gasteiger partial charge in [0.1, 0.15) is 0 Å². The predicted octanol–water partition coefficient (Wildman–Crippen LogP) is 12.7. The van der Waals surface area contributed by atoms with Crippen molar-refractivity contribution in [3.8, 4) is 17.3 Å². The number of anilines is 2.